The highest BCUT2D eigenvalue weighted by molar-refractivity contribution is 7.80. The van der Waals surface area contributed by atoms with Gasteiger partial charge in [0, 0.05) is 5.69 Å². The highest BCUT2D eigenvalue weighted by Crippen LogP contribution is 2.31. The Morgan fingerprint density at radius 1 is 1.12 bits per heavy atom. The van der Waals surface area contributed by atoms with Gasteiger partial charge in [0.15, 0.2) is 5.11 Å². The third-order valence-electron chi connectivity index (χ3n) is 3.49. The second-order valence-corrected chi connectivity index (χ2v) is 7.19. The van der Waals surface area contributed by atoms with Crippen LogP contribution in [-0.2, 0) is 5.41 Å². The Hall–Kier alpha value is -1.85. The molecule has 2 aromatic rings. The summed E-state index contributed by atoms with van der Waals surface area (Å²) in [6.45, 7) is 6.40. The predicted molar refractivity (Wildman–Crippen MR) is 103 cm³/mol. The third kappa shape index (κ3) is 4.58. The van der Waals surface area contributed by atoms with Crippen LogP contribution in [0.3, 0.4) is 0 Å². The molecule has 0 bridgehead atoms. The summed E-state index contributed by atoms with van der Waals surface area (Å²) >= 11 is 11.1. The van der Waals surface area contributed by atoms with Crippen LogP contribution in [0.5, 0.6) is 5.75 Å². The minimum atomic E-state index is -0.472. The van der Waals surface area contributed by atoms with Crippen LogP contribution in [0.2, 0.25) is 5.02 Å². The normalized spacial score (nSPS) is 11.1. The summed E-state index contributed by atoms with van der Waals surface area (Å²) < 4.78 is 18.6. The van der Waals surface area contributed by atoms with Crippen molar-refractivity contribution in [2.45, 2.75) is 26.2 Å². The first-order chi connectivity index (χ1) is 11.2. The molecular weight excluding hydrogens is 347 g/mol. The van der Waals surface area contributed by atoms with E-state index in [0.717, 1.165) is 11.3 Å². The standard InChI is InChI=1S/C18H20ClFN2OS/c1-18(2,3)11-5-8-16(23-4)15(9-11)22-17(24)21-12-6-7-14(20)13(19)10-12/h5-10H,1-4H3,(H2,21,22,24). The van der Waals surface area contributed by atoms with Crippen molar-refractivity contribution < 1.29 is 9.13 Å². The maximum Gasteiger partial charge on any atom is 0.175 e. The molecule has 0 saturated heterocycles. The molecule has 0 aromatic heterocycles. The summed E-state index contributed by atoms with van der Waals surface area (Å²) in [5, 5.41) is 6.50. The van der Waals surface area contributed by atoms with E-state index in [-0.39, 0.29) is 10.4 Å². The van der Waals surface area contributed by atoms with Gasteiger partial charge in [-0.1, -0.05) is 38.4 Å². The molecule has 0 unspecified atom stereocenters. The molecule has 2 aromatic carbocycles. The number of ether oxygens (including phenoxy) is 1. The maximum atomic E-state index is 13.2. The van der Waals surface area contributed by atoms with E-state index in [9.17, 15) is 4.39 Å². The van der Waals surface area contributed by atoms with Crippen molar-refractivity contribution >= 4 is 40.3 Å². The third-order valence-corrected chi connectivity index (χ3v) is 3.98. The van der Waals surface area contributed by atoms with Gasteiger partial charge in [-0.25, -0.2) is 4.39 Å². The molecule has 0 atom stereocenters. The zero-order valence-corrected chi connectivity index (χ0v) is 15.6. The summed E-state index contributed by atoms with van der Waals surface area (Å²) in [5.41, 5.74) is 2.52. The van der Waals surface area contributed by atoms with Crippen molar-refractivity contribution in [2.24, 2.45) is 0 Å². The van der Waals surface area contributed by atoms with Crippen molar-refractivity contribution in [3.05, 3.63) is 52.8 Å². The predicted octanol–water partition coefficient (Wildman–Crippen LogP) is 5.59. The average Bonchev–Trinajstić information content (AvgIpc) is 2.50. The summed E-state index contributed by atoms with van der Waals surface area (Å²) in [6, 6.07) is 10.3. The number of hydrogen-bond donors (Lipinski definition) is 2. The molecule has 0 aliphatic carbocycles. The van der Waals surface area contributed by atoms with Crippen LogP contribution < -0.4 is 15.4 Å². The lowest BCUT2D eigenvalue weighted by atomic mass is 9.87. The van der Waals surface area contributed by atoms with Crippen LogP contribution >= 0.6 is 23.8 Å². The molecule has 3 nitrogen and oxygen atoms in total. The van der Waals surface area contributed by atoms with Crippen LogP contribution in [0.4, 0.5) is 15.8 Å². The first-order valence-corrected chi connectivity index (χ1v) is 8.21. The Kier molecular flexibility index (Phi) is 5.67. The number of anilines is 2. The van der Waals surface area contributed by atoms with Gasteiger partial charge in [-0.05, 0) is 53.5 Å². The molecule has 2 rings (SSSR count). The van der Waals surface area contributed by atoms with Crippen LogP contribution in [0.1, 0.15) is 26.3 Å². The van der Waals surface area contributed by atoms with Gasteiger partial charge >= 0.3 is 0 Å². The lowest BCUT2D eigenvalue weighted by molar-refractivity contribution is 0.416. The number of hydrogen-bond acceptors (Lipinski definition) is 2. The Balaban J connectivity index is 2.19. The first-order valence-electron chi connectivity index (χ1n) is 7.42. The molecule has 0 heterocycles. The largest absolute Gasteiger partial charge is 0.495 e. The van der Waals surface area contributed by atoms with Gasteiger partial charge in [-0.3, -0.25) is 0 Å². The van der Waals surface area contributed by atoms with Gasteiger partial charge in [0.1, 0.15) is 11.6 Å². The molecule has 2 N–H and O–H groups in total. The van der Waals surface area contributed by atoms with E-state index < -0.39 is 5.82 Å². The van der Waals surface area contributed by atoms with Gasteiger partial charge in [0.05, 0.1) is 17.8 Å². The second kappa shape index (κ2) is 7.36. The fraction of sp³-hybridized carbons (Fsp3) is 0.278. The van der Waals surface area contributed by atoms with Crippen molar-refractivity contribution in [3.8, 4) is 5.75 Å². The lowest BCUT2D eigenvalue weighted by Gasteiger charge is -2.22. The number of rotatable bonds is 3. The highest BCUT2D eigenvalue weighted by Gasteiger charge is 2.16. The van der Waals surface area contributed by atoms with Gasteiger partial charge in [-0.15, -0.1) is 0 Å². The topological polar surface area (TPSA) is 33.3 Å². The van der Waals surface area contributed by atoms with Gasteiger partial charge in [-0.2, -0.15) is 0 Å². The number of benzene rings is 2. The second-order valence-electron chi connectivity index (χ2n) is 6.37. The molecule has 128 valence electrons. The van der Waals surface area contributed by atoms with E-state index in [2.05, 4.69) is 31.4 Å². The van der Waals surface area contributed by atoms with Crippen LogP contribution in [-0.4, -0.2) is 12.2 Å². The summed E-state index contributed by atoms with van der Waals surface area (Å²) in [7, 11) is 1.60. The zero-order chi connectivity index (χ0) is 17.9. The van der Waals surface area contributed by atoms with E-state index in [1.165, 1.54) is 12.1 Å². The van der Waals surface area contributed by atoms with Crippen molar-refractivity contribution in [1.29, 1.82) is 0 Å². The average molecular weight is 367 g/mol. The fourth-order valence-corrected chi connectivity index (χ4v) is 2.54. The van der Waals surface area contributed by atoms with Crippen molar-refractivity contribution in [2.75, 3.05) is 17.7 Å². The van der Waals surface area contributed by atoms with Gasteiger partial charge in [0.25, 0.3) is 0 Å². The molecule has 0 saturated carbocycles. The number of nitrogens with one attached hydrogen (secondary N) is 2. The monoisotopic (exact) mass is 366 g/mol. The lowest BCUT2D eigenvalue weighted by Crippen LogP contribution is -2.20. The SMILES string of the molecule is COc1ccc(C(C)(C)C)cc1NC(=S)Nc1ccc(F)c(Cl)c1. The zero-order valence-electron chi connectivity index (χ0n) is 14.0. The Bertz CT molecular complexity index is 759. The van der Waals surface area contributed by atoms with E-state index in [4.69, 9.17) is 28.6 Å². The molecular formula is C18H20ClFN2OS. The van der Waals surface area contributed by atoms with Gasteiger partial charge < -0.3 is 15.4 Å². The molecule has 24 heavy (non-hydrogen) atoms. The minimum absolute atomic E-state index is 0.00221. The molecule has 0 aliphatic heterocycles. The molecule has 0 fully saturated rings. The van der Waals surface area contributed by atoms with E-state index in [1.807, 2.05) is 18.2 Å². The quantitative estimate of drug-likeness (QED) is 0.693. The van der Waals surface area contributed by atoms with E-state index in [0.29, 0.717) is 16.5 Å². The number of thiocarbonyl (C=S) groups is 1. The molecule has 0 aliphatic rings. The smallest absolute Gasteiger partial charge is 0.175 e. The highest BCUT2D eigenvalue weighted by atomic mass is 35.5. The summed E-state index contributed by atoms with van der Waals surface area (Å²) in [6.07, 6.45) is 0. The number of methoxy groups -OCH3 is 1. The fourth-order valence-electron chi connectivity index (χ4n) is 2.13. The summed E-state index contributed by atoms with van der Waals surface area (Å²) in [4.78, 5) is 0. The minimum Gasteiger partial charge on any atom is -0.495 e. The molecule has 0 radical (unpaired) electrons. The number of halogens is 2. The maximum absolute atomic E-state index is 13.2. The van der Waals surface area contributed by atoms with Gasteiger partial charge in [0.2, 0.25) is 0 Å². The van der Waals surface area contributed by atoms with Crippen LogP contribution in [0.25, 0.3) is 0 Å². The Morgan fingerprint density at radius 2 is 1.83 bits per heavy atom. The summed E-state index contributed by atoms with van der Waals surface area (Å²) in [5.74, 6) is 0.213. The first kappa shape index (κ1) is 18.5. The molecule has 6 heteroatoms. The van der Waals surface area contributed by atoms with Crippen molar-refractivity contribution in [3.63, 3.8) is 0 Å². The van der Waals surface area contributed by atoms with E-state index in [1.54, 1.807) is 13.2 Å². The molecule has 0 spiro atoms. The Labute approximate surface area is 152 Å². The van der Waals surface area contributed by atoms with E-state index >= 15 is 0 Å². The van der Waals surface area contributed by atoms with Crippen LogP contribution in [0.15, 0.2) is 36.4 Å². The van der Waals surface area contributed by atoms with Crippen molar-refractivity contribution in [1.82, 2.24) is 0 Å². The molecule has 0 amide bonds. The Morgan fingerprint density at radius 3 is 2.42 bits per heavy atom. The van der Waals surface area contributed by atoms with Crippen LogP contribution in [0, 0.1) is 5.82 Å².